The molecule has 0 radical (unpaired) electrons. The topological polar surface area (TPSA) is 15.3 Å². The van der Waals surface area contributed by atoms with Crippen molar-refractivity contribution in [2.75, 3.05) is 26.2 Å². The van der Waals surface area contributed by atoms with Crippen molar-refractivity contribution in [3.05, 3.63) is 34.9 Å². The molecule has 2 nitrogen and oxygen atoms in total. The van der Waals surface area contributed by atoms with Crippen molar-refractivity contribution in [1.29, 1.82) is 0 Å². The smallest absolute Gasteiger partial charge is 0.0453 e. The maximum Gasteiger partial charge on any atom is 0.0453 e. The first-order valence-corrected chi connectivity index (χ1v) is 7.93. The van der Waals surface area contributed by atoms with Crippen LogP contribution in [0.5, 0.6) is 0 Å². The Hall–Kier alpha value is -0.570. The Morgan fingerprint density at radius 3 is 2.47 bits per heavy atom. The van der Waals surface area contributed by atoms with Gasteiger partial charge in [-0.3, -0.25) is 4.90 Å². The molecule has 1 heterocycles. The maximum atomic E-state index is 6.47. The van der Waals surface area contributed by atoms with Crippen molar-refractivity contribution in [3.8, 4) is 0 Å². The van der Waals surface area contributed by atoms with Gasteiger partial charge in [0.05, 0.1) is 0 Å². The standard InChI is InChI=1S/C16H23ClN2/c17-15-8-4-3-7-14(15)16(13-5-1-2-6-13)19-11-9-18-10-12-19/h3-4,7-8,13,16,18H,1-2,5-6,9-12H2/t16-/m1/s1. The molecule has 1 saturated carbocycles. The van der Waals surface area contributed by atoms with Crippen LogP contribution in [0.1, 0.15) is 37.3 Å². The third kappa shape index (κ3) is 2.96. The van der Waals surface area contributed by atoms with E-state index in [1.54, 1.807) is 0 Å². The Morgan fingerprint density at radius 1 is 1.11 bits per heavy atom. The van der Waals surface area contributed by atoms with Gasteiger partial charge in [-0.2, -0.15) is 0 Å². The van der Waals surface area contributed by atoms with Crippen LogP contribution >= 0.6 is 11.6 Å². The average Bonchev–Trinajstić information content (AvgIpc) is 2.96. The van der Waals surface area contributed by atoms with Crippen LogP contribution < -0.4 is 5.32 Å². The lowest BCUT2D eigenvalue weighted by atomic mass is 9.89. The van der Waals surface area contributed by atoms with E-state index in [1.807, 2.05) is 12.1 Å². The average molecular weight is 279 g/mol. The van der Waals surface area contributed by atoms with Crippen molar-refractivity contribution in [2.24, 2.45) is 5.92 Å². The van der Waals surface area contributed by atoms with Gasteiger partial charge < -0.3 is 5.32 Å². The normalized spacial score (nSPS) is 23.6. The molecular formula is C16H23ClN2. The summed E-state index contributed by atoms with van der Waals surface area (Å²) in [5.41, 5.74) is 1.35. The van der Waals surface area contributed by atoms with Gasteiger partial charge >= 0.3 is 0 Å². The van der Waals surface area contributed by atoms with E-state index >= 15 is 0 Å². The molecule has 1 aliphatic carbocycles. The largest absolute Gasteiger partial charge is 0.314 e. The monoisotopic (exact) mass is 278 g/mol. The summed E-state index contributed by atoms with van der Waals surface area (Å²) in [7, 11) is 0. The SMILES string of the molecule is Clc1ccccc1[C@@H](C1CCCC1)N1CCNCC1. The predicted molar refractivity (Wildman–Crippen MR) is 80.6 cm³/mol. The molecule has 3 heteroatoms. The molecule has 1 N–H and O–H groups in total. The van der Waals surface area contributed by atoms with Crippen molar-refractivity contribution >= 4 is 11.6 Å². The van der Waals surface area contributed by atoms with Crippen molar-refractivity contribution in [3.63, 3.8) is 0 Å². The molecule has 19 heavy (non-hydrogen) atoms. The maximum absolute atomic E-state index is 6.47. The van der Waals surface area contributed by atoms with Gasteiger partial charge in [0, 0.05) is 37.2 Å². The zero-order chi connectivity index (χ0) is 13.1. The highest BCUT2D eigenvalue weighted by Gasteiger charge is 2.32. The van der Waals surface area contributed by atoms with Gasteiger partial charge in [0.1, 0.15) is 0 Å². The fourth-order valence-corrected chi connectivity index (χ4v) is 3.94. The molecule has 2 aliphatic rings. The molecule has 0 bridgehead atoms. The second-order valence-corrected chi connectivity index (χ2v) is 6.20. The van der Waals surface area contributed by atoms with E-state index in [0.717, 1.165) is 37.1 Å². The number of nitrogens with zero attached hydrogens (tertiary/aromatic N) is 1. The van der Waals surface area contributed by atoms with Crippen LogP contribution in [0.4, 0.5) is 0 Å². The summed E-state index contributed by atoms with van der Waals surface area (Å²) in [6.45, 7) is 4.50. The second-order valence-electron chi connectivity index (χ2n) is 5.80. The molecule has 3 rings (SSSR count). The number of piperazine rings is 1. The molecule has 104 valence electrons. The highest BCUT2D eigenvalue weighted by molar-refractivity contribution is 6.31. The third-order valence-electron chi connectivity index (χ3n) is 4.62. The van der Waals surface area contributed by atoms with Crippen LogP contribution in [-0.2, 0) is 0 Å². The molecule has 0 spiro atoms. The summed E-state index contributed by atoms with van der Waals surface area (Å²) in [5, 5.41) is 4.39. The minimum atomic E-state index is 0.526. The van der Waals surface area contributed by atoms with E-state index < -0.39 is 0 Å². The van der Waals surface area contributed by atoms with Gasteiger partial charge in [0.25, 0.3) is 0 Å². The molecular weight excluding hydrogens is 256 g/mol. The van der Waals surface area contributed by atoms with E-state index in [0.29, 0.717) is 6.04 Å². The molecule has 1 aromatic rings. The van der Waals surface area contributed by atoms with E-state index in [1.165, 1.54) is 31.2 Å². The lowest BCUT2D eigenvalue weighted by Gasteiger charge is -2.39. The van der Waals surface area contributed by atoms with Gasteiger partial charge in [-0.05, 0) is 30.4 Å². The van der Waals surface area contributed by atoms with Crippen molar-refractivity contribution in [2.45, 2.75) is 31.7 Å². The zero-order valence-electron chi connectivity index (χ0n) is 11.4. The summed E-state index contributed by atoms with van der Waals surface area (Å²) in [6.07, 6.45) is 5.50. The minimum absolute atomic E-state index is 0.526. The van der Waals surface area contributed by atoms with E-state index in [2.05, 4.69) is 22.3 Å². The Labute approximate surface area is 121 Å². The van der Waals surface area contributed by atoms with E-state index in [9.17, 15) is 0 Å². The summed E-state index contributed by atoms with van der Waals surface area (Å²) < 4.78 is 0. The molecule has 1 atom stereocenters. The van der Waals surface area contributed by atoms with Crippen molar-refractivity contribution < 1.29 is 0 Å². The van der Waals surface area contributed by atoms with Crippen molar-refractivity contribution in [1.82, 2.24) is 10.2 Å². The fraction of sp³-hybridized carbons (Fsp3) is 0.625. The van der Waals surface area contributed by atoms with E-state index in [4.69, 9.17) is 11.6 Å². The molecule has 0 amide bonds. The number of benzene rings is 1. The number of rotatable bonds is 3. The Kier molecular flexibility index (Phi) is 4.42. The van der Waals surface area contributed by atoms with Crippen LogP contribution in [0, 0.1) is 5.92 Å². The Balaban J connectivity index is 1.88. The number of hydrogen-bond donors (Lipinski definition) is 1. The molecule has 2 fully saturated rings. The Morgan fingerprint density at radius 2 is 1.79 bits per heavy atom. The van der Waals surface area contributed by atoms with Gasteiger partial charge in [0.2, 0.25) is 0 Å². The fourth-order valence-electron chi connectivity index (χ4n) is 3.70. The lowest BCUT2D eigenvalue weighted by Crippen LogP contribution is -2.46. The summed E-state index contributed by atoms with van der Waals surface area (Å²) >= 11 is 6.47. The van der Waals surface area contributed by atoms with Crippen LogP contribution in [0.2, 0.25) is 5.02 Å². The van der Waals surface area contributed by atoms with Crippen LogP contribution in [0.25, 0.3) is 0 Å². The third-order valence-corrected chi connectivity index (χ3v) is 4.96. The molecule has 0 unspecified atom stereocenters. The predicted octanol–water partition coefficient (Wildman–Crippen LogP) is 3.48. The molecule has 1 aromatic carbocycles. The summed E-state index contributed by atoms with van der Waals surface area (Å²) in [4.78, 5) is 2.65. The highest BCUT2D eigenvalue weighted by atomic mass is 35.5. The Bertz CT molecular complexity index is 409. The summed E-state index contributed by atoms with van der Waals surface area (Å²) in [5.74, 6) is 0.790. The number of nitrogens with one attached hydrogen (secondary N) is 1. The van der Waals surface area contributed by atoms with Gasteiger partial charge in [-0.1, -0.05) is 42.6 Å². The first-order valence-electron chi connectivity index (χ1n) is 7.55. The first-order chi connectivity index (χ1) is 9.36. The molecule has 1 saturated heterocycles. The van der Waals surface area contributed by atoms with E-state index in [-0.39, 0.29) is 0 Å². The lowest BCUT2D eigenvalue weighted by molar-refractivity contribution is 0.125. The van der Waals surface area contributed by atoms with Gasteiger partial charge in [-0.25, -0.2) is 0 Å². The number of hydrogen-bond acceptors (Lipinski definition) is 2. The van der Waals surface area contributed by atoms with Crippen LogP contribution in [0.3, 0.4) is 0 Å². The molecule has 1 aliphatic heterocycles. The van der Waals surface area contributed by atoms with Crippen LogP contribution in [-0.4, -0.2) is 31.1 Å². The highest BCUT2D eigenvalue weighted by Crippen LogP contribution is 2.41. The van der Waals surface area contributed by atoms with Gasteiger partial charge in [0.15, 0.2) is 0 Å². The summed E-state index contributed by atoms with van der Waals surface area (Å²) in [6, 6.07) is 8.97. The van der Waals surface area contributed by atoms with Crippen LogP contribution in [0.15, 0.2) is 24.3 Å². The number of halogens is 1. The minimum Gasteiger partial charge on any atom is -0.314 e. The first kappa shape index (κ1) is 13.4. The quantitative estimate of drug-likeness (QED) is 0.911. The zero-order valence-corrected chi connectivity index (χ0v) is 12.2. The second kappa shape index (κ2) is 6.25. The molecule has 0 aromatic heterocycles. The van der Waals surface area contributed by atoms with Gasteiger partial charge in [-0.15, -0.1) is 0 Å².